The highest BCUT2D eigenvalue weighted by atomic mass is 16.4. The molecule has 4 aromatic rings. The number of benzene rings is 3. The van der Waals surface area contributed by atoms with E-state index >= 15 is 28.8 Å². The molecular weight excluding hydrogens is 1620 g/mol. The molecule has 23 N–H and O–H groups in total. The third-order valence-corrected chi connectivity index (χ3v) is 22.0. The molecule has 2 heterocycles. The molecule has 0 spiro atoms. The van der Waals surface area contributed by atoms with Crippen LogP contribution in [0.4, 0.5) is 0 Å². The molecule has 0 saturated heterocycles. The minimum atomic E-state index is -2.07. The lowest BCUT2D eigenvalue weighted by Gasteiger charge is -2.35. The lowest BCUT2D eigenvalue weighted by atomic mass is 9.80. The number of H-pyrrole nitrogens is 1. The normalized spacial score (nSPS) is 22.9. The number of aliphatic hydroxyl groups is 2. The van der Waals surface area contributed by atoms with Crippen molar-refractivity contribution in [2.24, 2.45) is 23.3 Å². The van der Waals surface area contributed by atoms with E-state index in [1.807, 2.05) is 12.2 Å². The second-order valence-corrected chi connectivity index (χ2v) is 33.3. The summed E-state index contributed by atoms with van der Waals surface area (Å²) in [6.45, 7) is 11.6. The van der Waals surface area contributed by atoms with Crippen molar-refractivity contribution in [1.29, 1.82) is 0 Å². The number of phenolic OH excluding ortho intramolecular Hbond substituents is 1. The number of aromatic nitrogens is 1. The molecule has 6 rings (SSSR count). The summed E-state index contributed by atoms with van der Waals surface area (Å²) in [6.07, 6.45) is 4.80. The average Bonchev–Trinajstić information content (AvgIpc) is 1.80. The number of fused-ring (bicyclic) bond motifs is 1. The molecule has 684 valence electrons. The van der Waals surface area contributed by atoms with Gasteiger partial charge < -0.3 is 111 Å². The Morgan fingerprint density at radius 3 is 1.73 bits per heavy atom. The van der Waals surface area contributed by atoms with Crippen LogP contribution in [0.5, 0.6) is 5.75 Å². The predicted molar refractivity (Wildman–Crippen MR) is 458 cm³/mol. The number of phenols is 1. The fraction of sp³-hybridized carbons (Fsp3) is 0.552. The van der Waals surface area contributed by atoms with Crippen LogP contribution in [0.2, 0.25) is 0 Å². The molecule has 15 atom stereocenters. The number of allylic oxidation sites excluding steroid dienone is 2. The Hall–Kier alpha value is -12.4. The van der Waals surface area contributed by atoms with Crippen molar-refractivity contribution in [3.05, 3.63) is 114 Å². The first-order chi connectivity index (χ1) is 59.1. The third kappa shape index (κ3) is 33.0. The van der Waals surface area contributed by atoms with E-state index in [-0.39, 0.29) is 75.4 Å². The number of hydrogen-bond acceptors (Lipinski definition) is 20. The number of carbonyl (C=O) groups excluding carboxylic acids is 16. The van der Waals surface area contributed by atoms with Gasteiger partial charge in [-0.05, 0) is 152 Å². The Labute approximate surface area is 725 Å². The number of nitrogens with two attached hydrogens (primary N) is 2. The first kappa shape index (κ1) is 101. The van der Waals surface area contributed by atoms with Gasteiger partial charge in [-0.25, -0.2) is 0 Å². The summed E-state index contributed by atoms with van der Waals surface area (Å²) in [5.74, 6) is -17.0. The highest BCUT2D eigenvalue weighted by Crippen LogP contribution is 2.31. The van der Waals surface area contributed by atoms with Gasteiger partial charge in [-0.3, -0.25) is 81.5 Å². The summed E-state index contributed by atoms with van der Waals surface area (Å²) in [5, 5.41) is 79.2. The van der Waals surface area contributed by atoms with E-state index < -0.39 is 229 Å². The van der Waals surface area contributed by atoms with E-state index in [0.29, 0.717) is 66.1 Å². The summed E-state index contributed by atoms with van der Waals surface area (Å²) in [6, 6.07) is 2.25. The van der Waals surface area contributed by atoms with Gasteiger partial charge in [-0.15, -0.1) is 0 Å². The number of carbonyl (C=O) groups is 17. The fourth-order valence-corrected chi connectivity index (χ4v) is 14.3. The van der Waals surface area contributed by atoms with Crippen LogP contribution in [0.1, 0.15) is 195 Å². The topological polar surface area (TPSA) is 607 Å². The van der Waals surface area contributed by atoms with Crippen molar-refractivity contribution in [3.8, 4) is 5.75 Å². The van der Waals surface area contributed by atoms with Gasteiger partial charge in [-0.1, -0.05) is 125 Å². The number of aliphatic hydroxyl groups excluding tert-OH is 2. The van der Waals surface area contributed by atoms with Crippen LogP contribution in [-0.4, -0.2) is 222 Å². The number of aromatic hydroxyl groups is 1. The highest BCUT2D eigenvalue weighted by Gasteiger charge is 2.44. The second-order valence-electron chi connectivity index (χ2n) is 33.3. The van der Waals surface area contributed by atoms with Crippen LogP contribution >= 0.6 is 0 Å². The Kier molecular flexibility index (Phi) is 39.9. The van der Waals surface area contributed by atoms with E-state index in [1.54, 1.807) is 74.6 Å². The van der Waals surface area contributed by atoms with Gasteiger partial charge in [0.1, 0.15) is 89.3 Å². The zero-order chi connectivity index (χ0) is 92.4. The maximum Gasteiger partial charge on any atom is 0.303 e. The number of primary amides is 2. The number of nitrogens with one attached hydrogen (secondary N) is 15. The van der Waals surface area contributed by atoms with E-state index in [2.05, 4.69) is 79.4 Å². The van der Waals surface area contributed by atoms with Crippen LogP contribution in [0.15, 0.2) is 97.2 Å². The van der Waals surface area contributed by atoms with Gasteiger partial charge >= 0.3 is 5.97 Å². The zero-order valence-corrected chi connectivity index (χ0v) is 72.3. The Morgan fingerprint density at radius 2 is 1.12 bits per heavy atom. The molecule has 0 radical (unpaired) electrons. The van der Waals surface area contributed by atoms with Crippen molar-refractivity contribution in [1.82, 2.24) is 79.4 Å². The smallest absolute Gasteiger partial charge is 0.303 e. The van der Waals surface area contributed by atoms with Crippen molar-refractivity contribution in [3.63, 3.8) is 0 Å². The predicted octanol–water partition coefficient (Wildman–Crippen LogP) is -0.146. The quantitative estimate of drug-likeness (QED) is 0.0283. The first-order valence-corrected chi connectivity index (χ1v) is 42.5. The van der Waals surface area contributed by atoms with Crippen molar-refractivity contribution in [2.75, 3.05) is 6.61 Å². The van der Waals surface area contributed by atoms with Crippen LogP contribution in [0.3, 0.4) is 0 Å². The number of rotatable bonds is 32. The number of carboxylic acids is 1. The average molecular weight is 1750 g/mol. The number of para-hydroxylation sites is 1. The van der Waals surface area contributed by atoms with Gasteiger partial charge in [0.05, 0.1) is 12.7 Å². The van der Waals surface area contributed by atoms with E-state index in [4.69, 9.17) is 11.5 Å². The molecule has 38 heteroatoms. The van der Waals surface area contributed by atoms with Crippen LogP contribution in [0.25, 0.3) is 10.9 Å². The van der Waals surface area contributed by atoms with Crippen LogP contribution in [-0.2, 0) is 101 Å². The molecule has 1 saturated carbocycles. The van der Waals surface area contributed by atoms with Gasteiger partial charge in [0.15, 0.2) is 0 Å². The number of amides is 16. The van der Waals surface area contributed by atoms with Gasteiger partial charge in [0, 0.05) is 56.1 Å². The van der Waals surface area contributed by atoms with Crippen LogP contribution in [0, 0.1) is 11.8 Å². The second kappa shape index (κ2) is 49.2. The van der Waals surface area contributed by atoms with Gasteiger partial charge in [0.25, 0.3) is 0 Å². The summed E-state index contributed by atoms with van der Waals surface area (Å²) in [5.41, 5.74) is 8.80. The minimum absolute atomic E-state index is 0.00740. The Bertz CT molecular complexity index is 4460. The monoisotopic (exact) mass is 1740 g/mol. The molecule has 125 heavy (non-hydrogen) atoms. The summed E-state index contributed by atoms with van der Waals surface area (Å²) in [7, 11) is 0. The number of hydrogen-bond donors (Lipinski definition) is 21. The largest absolute Gasteiger partial charge is 0.508 e. The molecule has 0 bridgehead atoms. The Balaban J connectivity index is 1.44. The number of aliphatic carboxylic acids is 1. The highest BCUT2D eigenvalue weighted by molar-refractivity contribution is 6.02. The molecule has 1 aromatic heterocycles. The van der Waals surface area contributed by atoms with Crippen molar-refractivity contribution < 1.29 is 102 Å². The van der Waals surface area contributed by atoms with Gasteiger partial charge in [0.2, 0.25) is 94.5 Å². The Morgan fingerprint density at radius 1 is 0.544 bits per heavy atom. The van der Waals surface area contributed by atoms with E-state index in [1.165, 1.54) is 72.7 Å². The molecule has 0 unspecified atom stereocenters. The molecule has 1 aliphatic heterocycles. The molecule has 3 aromatic carbocycles. The van der Waals surface area contributed by atoms with Crippen molar-refractivity contribution >= 4 is 111 Å². The van der Waals surface area contributed by atoms with Crippen LogP contribution < -0.4 is 85.9 Å². The molecule has 2 aliphatic rings. The molecule has 1 aliphatic carbocycles. The molecule has 38 nitrogen and oxygen atoms in total. The van der Waals surface area contributed by atoms with Gasteiger partial charge in [-0.2, -0.15) is 0 Å². The number of aromatic amines is 1. The molecule has 16 amide bonds. The SMILES string of the molecule is CC(=O)N[C@@H](CC(C)C)C(=O)N[C@H](C(=O)N[C@@H](Cc1ccccc1)C(=O)N[C@]1(C)CCCCCC/C=C/CCC[C@@](C)(C(=O)N[C@@H](CO)C(=O)N[C@@H](C)C(=O)N[C@@H](C)C(N)=O)NC(=O)[C@H](CC2CCC2)NC(=O)[C@H](CCC(N)=O)NC(=O)[C@H](C)NC(=O)[C@H](Cc2c[nH]c3ccccc23)NC(=O)[C@H](Cc2ccc(O)cc2)NC(=O)[C@H](CCC(=O)O)NC1=O)[C@@H](C)O. The lowest BCUT2D eigenvalue weighted by Crippen LogP contribution is -2.65. The number of carboxylic acid groups (broad SMARTS) is 1. The van der Waals surface area contributed by atoms with E-state index in [0.717, 1.165) is 6.42 Å². The lowest BCUT2D eigenvalue weighted by molar-refractivity contribution is -0.140. The minimum Gasteiger partial charge on any atom is -0.508 e. The van der Waals surface area contributed by atoms with Crippen molar-refractivity contribution in [2.45, 2.75) is 287 Å². The summed E-state index contributed by atoms with van der Waals surface area (Å²) >= 11 is 0. The summed E-state index contributed by atoms with van der Waals surface area (Å²) in [4.78, 5) is 243. The zero-order valence-electron chi connectivity index (χ0n) is 72.3. The fourth-order valence-electron chi connectivity index (χ4n) is 14.3. The maximum atomic E-state index is 15.5. The maximum absolute atomic E-state index is 15.5. The molecular formula is C87H125N17O21. The first-order valence-electron chi connectivity index (χ1n) is 42.5. The third-order valence-electron chi connectivity index (χ3n) is 22.0. The van der Waals surface area contributed by atoms with E-state index in [9.17, 15) is 73.2 Å². The standard InChI is InChI=1S/C87H125N17O21/c1-48(2)41-63(94-53(7)107)79(119)102-71(52(6)106)83(123)99-66(42-54-25-18-17-19-26-54)82(122)104-86(8)39-22-15-13-11-10-12-14-16-23-40-87(9,85(125)101-68(47-105)80(120)93-50(4)73(113)91-49(3)72(89)112)103-81(121)65(43-55-27-24-28-55)97-75(115)61(35-37-69(88)109)95-74(114)51(5)92-77(117)67(45-57-46-90-60-30-21-20-29-59(57)60)98-78(118)64(44-56-31-33-58(108)34-32-56)96-76(116)62(100-84(86)124)36-38-70(110)111/h12,14,17-21,25-26,29-34,46,48-52,55,61-68,71,90,105-106,108H,10-11,13,15-16,22-24,27-28,35-45,47H2,1-9H3,(H2,88,109)(H2,89,112)(H,91,113)(H,92,117)(H,93,120)(H,94,107)(H,95,114)(H,96,116)(H,97,115)(H,98,118)(H,99,123)(H,100,124)(H,101,125)(H,102,119)(H,103,121)(H,104,122)(H,110,111)/b14-12+/t49-,50-,51-,52+,61-,62-,63-,64-,65-,66-,67-,68-,71-,86+,87-/m0/s1. The summed E-state index contributed by atoms with van der Waals surface area (Å²) < 4.78 is 0. The molecule has 1 fully saturated rings.